The zero-order valence-corrected chi connectivity index (χ0v) is 11.9. The SMILES string of the molecule is Cn1ncnc1COc1ccc(F)cc1N1CCNCC1. The summed E-state index contributed by atoms with van der Waals surface area (Å²) in [4.78, 5) is 6.25. The van der Waals surface area contributed by atoms with Crippen molar-refractivity contribution in [3.05, 3.63) is 36.2 Å². The summed E-state index contributed by atoms with van der Waals surface area (Å²) in [5, 5.41) is 7.28. The lowest BCUT2D eigenvalue weighted by atomic mass is 10.2. The molecule has 1 aromatic carbocycles. The molecule has 1 fully saturated rings. The number of hydrogen-bond acceptors (Lipinski definition) is 5. The molecule has 1 aliphatic heterocycles. The van der Waals surface area contributed by atoms with E-state index in [0.29, 0.717) is 12.4 Å². The van der Waals surface area contributed by atoms with Crippen molar-refractivity contribution in [1.29, 1.82) is 0 Å². The molecule has 6 nitrogen and oxygen atoms in total. The summed E-state index contributed by atoms with van der Waals surface area (Å²) in [6.07, 6.45) is 1.49. The molecule has 7 heteroatoms. The maximum atomic E-state index is 13.6. The van der Waals surface area contributed by atoms with Crippen LogP contribution in [0.5, 0.6) is 5.75 Å². The maximum absolute atomic E-state index is 13.6. The molecule has 2 aromatic rings. The normalized spacial score (nSPS) is 15.2. The van der Waals surface area contributed by atoms with Crippen LogP contribution in [0, 0.1) is 5.82 Å². The van der Waals surface area contributed by atoms with Crippen molar-refractivity contribution < 1.29 is 9.13 Å². The highest BCUT2D eigenvalue weighted by molar-refractivity contribution is 5.59. The molecule has 0 amide bonds. The van der Waals surface area contributed by atoms with E-state index in [4.69, 9.17) is 4.74 Å². The number of anilines is 1. The van der Waals surface area contributed by atoms with Crippen LogP contribution in [-0.2, 0) is 13.7 Å². The lowest BCUT2D eigenvalue weighted by Crippen LogP contribution is -2.43. The van der Waals surface area contributed by atoms with Crippen LogP contribution < -0.4 is 15.0 Å². The van der Waals surface area contributed by atoms with Crippen LogP contribution in [0.3, 0.4) is 0 Å². The Morgan fingerprint density at radius 2 is 2.14 bits per heavy atom. The summed E-state index contributed by atoms with van der Waals surface area (Å²) in [5.41, 5.74) is 0.790. The zero-order chi connectivity index (χ0) is 14.7. The first kappa shape index (κ1) is 13.8. The van der Waals surface area contributed by atoms with Crippen molar-refractivity contribution in [2.45, 2.75) is 6.61 Å². The molecule has 112 valence electrons. The summed E-state index contributed by atoms with van der Waals surface area (Å²) in [7, 11) is 1.81. The Balaban J connectivity index is 1.79. The molecule has 0 unspecified atom stereocenters. The minimum atomic E-state index is -0.255. The van der Waals surface area contributed by atoms with Gasteiger partial charge in [0.25, 0.3) is 0 Å². The third kappa shape index (κ3) is 3.13. The number of rotatable bonds is 4. The van der Waals surface area contributed by atoms with Crippen molar-refractivity contribution >= 4 is 5.69 Å². The molecule has 2 heterocycles. The fraction of sp³-hybridized carbons (Fsp3) is 0.429. The van der Waals surface area contributed by atoms with E-state index in [0.717, 1.165) is 37.7 Å². The lowest BCUT2D eigenvalue weighted by molar-refractivity contribution is 0.289. The molecule has 0 aliphatic carbocycles. The first-order chi connectivity index (χ1) is 10.2. The molecule has 0 saturated carbocycles. The molecule has 0 radical (unpaired) electrons. The Morgan fingerprint density at radius 3 is 2.86 bits per heavy atom. The minimum absolute atomic E-state index is 0.255. The number of piperazine rings is 1. The predicted molar refractivity (Wildman–Crippen MR) is 76.8 cm³/mol. The molecule has 1 aliphatic rings. The van der Waals surface area contributed by atoms with E-state index in [1.165, 1.54) is 18.5 Å². The van der Waals surface area contributed by atoms with Gasteiger partial charge in [-0.05, 0) is 12.1 Å². The number of aromatic nitrogens is 3. The van der Waals surface area contributed by atoms with Crippen LogP contribution in [0.4, 0.5) is 10.1 Å². The Labute approximate surface area is 122 Å². The molecule has 1 N–H and O–H groups in total. The van der Waals surface area contributed by atoms with E-state index < -0.39 is 0 Å². The largest absolute Gasteiger partial charge is 0.483 e. The number of benzene rings is 1. The highest BCUT2D eigenvalue weighted by Crippen LogP contribution is 2.30. The standard InChI is InChI=1S/C14H18FN5O/c1-19-14(17-10-18-19)9-21-13-3-2-11(15)8-12(13)20-6-4-16-5-7-20/h2-3,8,10,16H,4-7,9H2,1H3. The summed E-state index contributed by atoms with van der Waals surface area (Å²) in [6, 6.07) is 4.61. The molecule has 21 heavy (non-hydrogen) atoms. The van der Waals surface area contributed by atoms with Crippen LogP contribution in [0.2, 0.25) is 0 Å². The molecular weight excluding hydrogens is 273 g/mol. The van der Waals surface area contributed by atoms with E-state index in [1.807, 2.05) is 7.05 Å². The average molecular weight is 291 g/mol. The highest BCUT2D eigenvalue weighted by atomic mass is 19.1. The van der Waals surface area contributed by atoms with Gasteiger partial charge >= 0.3 is 0 Å². The molecule has 3 rings (SSSR count). The molecule has 0 spiro atoms. The minimum Gasteiger partial charge on any atom is -0.483 e. The third-order valence-electron chi connectivity index (χ3n) is 3.54. The summed E-state index contributed by atoms with van der Waals surface area (Å²) < 4.78 is 21.0. The molecule has 0 atom stereocenters. The van der Waals surface area contributed by atoms with Crippen LogP contribution in [-0.4, -0.2) is 40.9 Å². The first-order valence-corrected chi connectivity index (χ1v) is 6.95. The number of nitrogens with zero attached hydrogens (tertiary/aromatic N) is 4. The number of halogens is 1. The van der Waals surface area contributed by atoms with Gasteiger partial charge in [-0.2, -0.15) is 5.10 Å². The number of ether oxygens (including phenoxy) is 1. The van der Waals surface area contributed by atoms with Gasteiger partial charge in [0.05, 0.1) is 5.69 Å². The third-order valence-corrected chi connectivity index (χ3v) is 3.54. The number of aryl methyl sites for hydroxylation is 1. The molecule has 0 bridgehead atoms. The summed E-state index contributed by atoms with van der Waals surface area (Å²) in [6.45, 7) is 3.76. The van der Waals surface area contributed by atoms with E-state index in [2.05, 4.69) is 20.3 Å². The number of hydrogen-bond donors (Lipinski definition) is 1. The summed E-state index contributed by atoms with van der Waals surface area (Å²) >= 11 is 0. The van der Waals surface area contributed by atoms with Gasteiger partial charge in [0.15, 0.2) is 5.82 Å². The Kier molecular flexibility index (Phi) is 4.01. The average Bonchev–Trinajstić information content (AvgIpc) is 2.92. The smallest absolute Gasteiger partial charge is 0.164 e. The second-order valence-corrected chi connectivity index (χ2v) is 4.94. The van der Waals surface area contributed by atoms with Gasteiger partial charge in [0, 0.05) is 39.3 Å². The van der Waals surface area contributed by atoms with Gasteiger partial charge in [-0.1, -0.05) is 0 Å². The van der Waals surface area contributed by atoms with Crippen LogP contribution in [0.1, 0.15) is 5.82 Å². The van der Waals surface area contributed by atoms with Crippen LogP contribution in [0.15, 0.2) is 24.5 Å². The second-order valence-electron chi connectivity index (χ2n) is 4.94. The monoisotopic (exact) mass is 291 g/mol. The maximum Gasteiger partial charge on any atom is 0.164 e. The van der Waals surface area contributed by atoms with Gasteiger partial charge in [0.2, 0.25) is 0 Å². The van der Waals surface area contributed by atoms with Crippen LogP contribution >= 0.6 is 0 Å². The highest BCUT2D eigenvalue weighted by Gasteiger charge is 2.16. The van der Waals surface area contributed by atoms with Crippen LogP contribution in [0.25, 0.3) is 0 Å². The second kappa shape index (κ2) is 6.09. The van der Waals surface area contributed by atoms with Gasteiger partial charge in [0.1, 0.15) is 24.5 Å². The Hall–Kier alpha value is -2.15. The fourth-order valence-corrected chi connectivity index (χ4v) is 2.36. The first-order valence-electron chi connectivity index (χ1n) is 6.95. The Morgan fingerprint density at radius 1 is 1.33 bits per heavy atom. The van der Waals surface area contributed by atoms with Gasteiger partial charge in [-0.15, -0.1) is 0 Å². The predicted octanol–water partition coefficient (Wildman–Crippen LogP) is 0.943. The molecule has 1 aromatic heterocycles. The van der Waals surface area contributed by atoms with Crippen molar-refractivity contribution in [3.8, 4) is 5.75 Å². The quantitative estimate of drug-likeness (QED) is 0.908. The molecule has 1 saturated heterocycles. The summed E-state index contributed by atoms with van der Waals surface area (Å²) in [5.74, 6) is 1.14. The van der Waals surface area contributed by atoms with Gasteiger partial charge in [-0.3, -0.25) is 4.68 Å². The topological polar surface area (TPSA) is 55.2 Å². The van der Waals surface area contributed by atoms with Crippen molar-refractivity contribution in [2.24, 2.45) is 7.05 Å². The van der Waals surface area contributed by atoms with E-state index in [-0.39, 0.29) is 5.82 Å². The molecular formula is C14H18FN5O. The van der Waals surface area contributed by atoms with Crippen molar-refractivity contribution in [1.82, 2.24) is 20.1 Å². The Bertz CT molecular complexity index is 609. The lowest BCUT2D eigenvalue weighted by Gasteiger charge is -2.30. The van der Waals surface area contributed by atoms with E-state index >= 15 is 0 Å². The van der Waals surface area contributed by atoms with E-state index in [9.17, 15) is 4.39 Å². The van der Waals surface area contributed by atoms with Crippen molar-refractivity contribution in [2.75, 3.05) is 31.1 Å². The van der Waals surface area contributed by atoms with Crippen molar-refractivity contribution in [3.63, 3.8) is 0 Å². The van der Waals surface area contributed by atoms with E-state index in [1.54, 1.807) is 10.7 Å². The van der Waals surface area contributed by atoms with Gasteiger partial charge < -0.3 is 15.0 Å². The van der Waals surface area contributed by atoms with Gasteiger partial charge in [-0.25, -0.2) is 9.37 Å². The number of nitrogens with one attached hydrogen (secondary N) is 1. The zero-order valence-electron chi connectivity index (χ0n) is 11.9. The fourth-order valence-electron chi connectivity index (χ4n) is 2.36.